The Bertz CT molecular complexity index is 590. The first-order valence-electron chi connectivity index (χ1n) is 10.5. The van der Waals surface area contributed by atoms with Crippen LogP contribution in [0.5, 0.6) is 0 Å². The Balaban J connectivity index is 2.34. The molecule has 0 heterocycles. The predicted molar refractivity (Wildman–Crippen MR) is 111 cm³/mol. The lowest BCUT2D eigenvalue weighted by atomic mass is 9.49. The summed E-state index contributed by atoms with van der Waals surface area (Å²) >= 11 is 0. The molecule has 0 aliphatic heterocycles. The quantitative estimate of drug-likeness (QED) is 0.364. The first-order chi connectivity index (χ1) is 12.2. The third-order valence-corrected chi connectivity index (χ3v) is 12.2. The number of ether oxygens (including phenoxy) is 1. The number of fused-ring (bicyclic) bond motifs is 1. The van der Waals surface area contributed by atoms with Crippen molar-refractivity contribution in [2.45, 2.75) is 98.4 Å². The highest BCUT2D eigenvalue weighted by Gasteiger charge is 2.59. The average Bonchev–Trinajstić information content (AvgIpc) is 2.48. The third-order valence-electron chi connectivity index (χ3n) is 7.76. The Morgan fingerprint density at radius 3 is 2.33 bits per heavy atom. The number of esters is 1. The second-order valence-corrected chi connectivity index (χ2v) is 15.9. The highest BCUT2D eigenvalue weighted by molar-refractivity contribution is 6.74. The number of ketones is 1. The molecule has 0 saturated heterocycles. The standard InChI is InChI=1S/C22H40O4Si/c1-10-25-19(24)15-13-17-21(5,6)12-11-18(22(17,7)14-16(15)23)26-27(8,9)20(2,3)4/h15,17-18H,10-14H2,1-9H3/t15?,17-,18+,22+/m0/s1. The maximum absolute atomic E-state index is 12.9. The van der Waals surface area contributed by atoms with Gasteiger partial charge in [-0.05, 0) is 55.7 Å². The summed E-state index contributed by atoms with van der Waals surface area (Å²) in [4.78, 5) is 25.3. The van der Waals surface area contributed by atoms with E-state index in [1.165, 1.54) is 0 Å². The summed E-state index contributed by atoms with van der Waals surface area (Å²) in [5, 5.41) is 0.137. The minimum absolute atomic E-state index is 0.0359. The molecule has 4 nitrogen and oxygen atoms in total. The van der Waals surface area contributed by atoms with Crippen molar-refractivity contribution in [1.82, 2.24) is 0 Å². The van der Waals surface area contributed by atoms with Crippen LogP contribution in [0.3, 0.4) is 0 Å². The van der Waals surface area contributed by atoms with Crippen molar-refractivity contribution in [3.05, 3.63) is 0 Å². The fourth-order valence-corrected chi connectivity index (χ4v) is 6.46. The normalized spacial score (nSPS) is 34.1. The van der Waals surface area contributed by atoms with Crippen LogP contribution in [0, 0.1) is 22.7 Å². The van der Waals surface area contributed by atoms with E-state index in [-0.39, 0.29) is 39.6 Å². The van der Waals surface area contributed by atoms with Gasteiger partial charge in [-0.15, -0.1) is 0 Å². The topological polar surface area (TPSA) is 52.6 Å². The van der Waals surface area contributed by atoms with Gasteiger partial charge in [0.15, 0.2) is 8.32 Å². The van der Waals surface area contributed by atoms with Gasteiger partial charge >= 0.3 is 5.97 Å². The van der Waals surface area contributed by atoms with Crippen LogP contribution in [-0.2, 0) is 18.8 Å². The minimum atomic E-state index is -1.94. The number of carbonyl (C=O) groups is 2. The van der Waals surface area contributed by atoms with Crippen molar-refractivity contribution >= 4 is 20.1 Å². The zero-order valence-corrected chi connectivity index (χ0v) is 19.9. The third kappa shape index (κ3) is 4.19. The van der Waals surface area contributed by atoms with Gasteiger partial charge in [-0.2, -0.15) is 0 Å². The molecule has 0 radical (unpaired) electrons. The van der Waals surface area contributed by atoms with Crippen LogP contribution in [0.2, 0.25) is 18.1 Å². The molecule has 0 N–H and O–H groups in total. The Morgan fingerprint density at radius 2 is 1.81 bits per heavy atom. The molecule has 1 unspecified atom stereocenters. The van der Waals surface area contributed by atoms with E-state index in [1.54, 1.807) is 6.92 Å². The molecule has 2 aliphatic carbocycles. The van der Waals surface area contributed by atoms with E-state index in [2.05, 4.69) is 54.6 Å². The van der Waals surface area contributed by atoms with E-state index in [4.69, 9.17) is 9.16 Å². The molecule has 2 aliphatic rings. The van der Waals surface area contributed by atoms with E-state index >= 15 is 0 Å². The first kappa shape index (κ1) is 22.6. The lowest BCUT2D eigenvalue weighted by Crippen LogP contribution is -2.59. The Kier molecular flexibility index (Phi) is 6.10. The molecule has 0 aromatic carbocycles. The molecule has 0 aromatic rings. The van der Waals surface area contributed by atoms with Crippen LogP contribution < -0.4 is 0 Å². The number of carbonyl (C=O) groups excluding carboxylic acids is 2. The number of Topliss-reactive ketones (excluding diaryl/α,β-unsaturated/α-hetero) is 1. The number of hydrogen-bond donors (Lipinski definition) is 0. The SMILES string of the molecule is CCOC(=O)C1C[C@H]2C(C)(C)CC[C@@H](O[Si](C)(C)C(C)(C)C)[C@]2(C)CC1=O. The molecule has 156 valence electrons. The summed E-state index contributed by atoms with van der Waals surface area (Å²) < 4.78 is 12.1. The van der Waals surface area contributed by atoms with Gasteiger partial charge in [0.2, 0.25) is 0 Å². The maximum atomic E-state index is 12.9. The zero-order chi connectivity index (χ0) is 20.8. The minimum Gasteiger partial charge on any atom is -0.465 e. The number of rotatable bonds is 4. The summed E-state index contributed by atoms with van der Waals surface area (Å²) in [6.45, 7) is 20.3. The maximum Gasteiger partial charge on any atom is 0.316 e. The number of hydrogen-bond acceptors (Lipinski definition) is 4. The van der Waals surface area contributed by atoms with E-state index in [0.29, 0.717) is 19.4 Å². The smallest absolute Gasteiger partial charge is 0.316 e. The van der Waals surface area contributed by atoms with Crippen LogP contribution in [0.25, 0.3) is 0 Å². The van der Waals surface area contributed by atoms with Gasteiger partial charge in [0.1, 0.15) is 11.7 Å². The van der Waals surface area contributed by atoms with E-state index < -0.39 is 14.2 Å². The molecule has 0 bridgehead atoms. The van der Waals surface area contributed by atoms with E-state index in [0.717, 1.165) is 12.8 Å². The van der Waals surface area contributed by atoms with Crippen LogP contribution >= 0.6 is 0 Å². The fraction of sp³-hybridized carbons (Fsp3) is 0.909. The molecular formula is C22H40O4Si. The molecule has 2 saturated carbocycles. The molecule has 0 amide bonds. The average molecular weight is 397 g/mol. The van der Waals surface area contributed by atoms with Crippen molar-refractivity contribution < 1.29 is 18.8 Å². The first-order valence-corrected chi connectivity index (χ1v) is 13.4. The Morgan fingerprint density at radius 1 is 1.22 bits per heavy atom. The lowest BCUT2D eigenvalue weighted by Gasteiger charge is -2.59. The fourth-order valence-electron chi connectivity index (χ4n) is 5.01. The largest absolute Gasteiger partial charge is 0.465 e. The molecule has 5 heteroatoms. The lowest BCUT2D eigenvalue weighted by molar-refractivity contribution is -0.168. The van der Waals surface area contributed by atoms with Gasteiger partial charge in [-0.3, -0.25) is 9.59 Å². The highest BCUT2D eigenvalue weighted by atomic mass is 28.4. The summed E-state index contributed by atoms with van der Waals surface area (Å²) in [6, 6.07) is 0. The monoisotopic (exact) mass is 396 g/mol. The molecule has 2 rings (SSSR count). The molecule has 4 atom stereocenters. The van der Waals surface area contributed by atoms with Gasteiger partial charge in [-0.1, -0.05) is 41.5 Å². The summed E-state index contributed by atoms with van der Waals surface area (Å²) in [5.74, 6) is -0.629. The van der Waals surface area contributed by atoms with E-state index in [1.807, 2.05) is 0 Å². The van der Waals surface area contributed by atoms with Crippen molar-refractivity contribution in [2.24, 2.45) is 22.7 Å². The predicted octanol–water partition coefficient (Wildman–Crippen LogP) is 5.36. The Labute approximate surface area is 166 Å². The summed E-state index contributed by atoms with van der Waals surface area (Å²) in [6.07, 6.45) is 3.16. The molecule has 0 aromatic heterocycles. The van der Waals surface area contributed by atoms with Crippen LogP contribution in [0.1, 0.15) is 74.1 Å². The van der Waals surface area contributed by atoms with Crippen molar-refractivity contribution in [3.63, 3.8) is 0 Å². The second-order valence-electron chi connectivity index (χ2n) is 11.1. The highest BCUT2D eigenvalue weighted by Crippen LogP contribution is 2.59. The second kappa shape index (κ2) is 7.29. The zero-order valence-electron chi connectivity index (χ0n) is 18.9. The van der Waals surface area contributed by atoms with Gasteiger partial charge in [0.25, 0.3) is 0 Å². The van der Waals surface area contributed by atoms with Crippen molar-refractivity contribution in [3.8, 4) is 0 Å². The van der Waals surface area contributed by atoms with Gasteiger partial charge in [0.05, 0.1) is 12.7 Å². The molecule has 27 heavy (non-hydrogen) atoms. The van der Waals surface area contributed by atoms with Crippen molar-refractivity contribution in [2.75, 3.05) is 6.61 Å². The summed E-state index contributed by atoms with van der Waals surface area (Å²) in [7, 11) is -1.94. The van der Waals surface area contributed by atoms with Crippen LogP contribution in [-0.4, -0.2) is 32.8 Å². The van der Waals surface area contributed by atoms with E-state index in [9.17, 15) is 9.59 Å². The van der Waals surface area contributed by atoms with Gasteiger partial charge in [-0.25, -0.2) is 0 Å². The van der Waals surface area contributed by atoms with Gasteiger partial charge in [0, 0.05) is 11.8 Å². The summed E-state index contributed by atoms with van der Waals surface area (Å²) in [5.41, 5.74) is -0.120. The van der Waals surface area contributed by atoms with Crippen LogP contribution in [0.15, 0.2) is 0 Å². The molecule has 2 fully saturated rings. The van der Waals surface area contributed by atoms with Crippen LogP contribution in [0.4, 0.5) is 0 Å². The molecular weight excluding hydrogens is 356 g/mol. The molecule has 0 spiro atoms. The Hall–Kier alpha value is -0.683. The van der Waals surface area contributed by atoms with Gasteiger partial charge < -0.3 is 9.16 Å². The van der Waals surface area contributed by atoms with Crippen molar-refractivity contribution in [1.29, 1.82) is 0 Å².